The Balaban J connectivity index is 1.67. The number of rotatable bonds is 5. The van der Waals surface area contributed by atoms with E-state index in [2.05, 4.69) is 25.8 Å². The van der Waals surface area contributed by atoms with Gasteiger partial charge in [-0.3, -0.25) is 4.79 Å². The average Bonchev–Trinajstić information content (AvgIpc) is 3.29. The first kappa shape index (κ1) is 16.2. The number of amides is 1. The molecule has 26 heavy (non-hydrogen) atoms. The van der Waals surface area contributed by atoms with E-state index in [1.54, 1.807) is 10.9 Å². The number of fused-ring (bicyclic) bond motifs is 1. The van der Waals surface area contributed by atoms with Crippen LogP contribution in [0.4, 0.5) is 11.5 Å². The molecule has 1 aliphatic rings. The normalized spacial score (nSPS) is 14.0. The number of pyridine rings is 1. The first-order valence-corrected chi connectivity index (χ1v) is 8.32. The van der Waals surface area contributed by atoms with Gasteiger partial charge in [-0.1, -0.05) is 18.2 Å². The van der Waals surface area contributed by atoms with Gasteiger partial charge in [0.05, 0.1) is 23.9 Å². The molecule has 0 aliphatic carbocycles. The maximum Gasteiger partial charge on any atom is 0.254 e. The summed E-state index contributed by atoms with van der Waals surface area (Å²) in [6, 6.07) is 11.1. The lowest BCUT2D eigenvalue weighted by molar-refractivity contribution is 0.0966. The van der Waals surface area contributed by atoms with E-state index in [0.29, 0.717) is 35.1 Å². The number of aromatic nitrogens is 4. The molecule has 8 heteroatoms. The molecule has 1 amide bonds. The second-order valence-electron chi connectivity index (χ2n) is 6.15. The summed E-state index contributed by atoms with van der Waals surface area (Å²) >= 11 is 0. The van der Waals surface area contributed by atoms with Crippen LogP contribution in [-0.2, 0) is 6.54 Å². The molecule has 0 unspecified atom stereocenters. The summed E-state index contributed by atoms with van der Waals surface area (Å²) in [6.07, 6.45) is 1.58. The van der Waals surface area contributed by atoms with Gasteiger partial charge in [0.25, 0.3) is 5.91 Å². The number of hydrogen-bond donors (Lipinski definition) is 3. The Hall–Kier alpha value is -3.26. The first-order valence-electron chi connectivity index (χ1n) is 8.32. The van der Waals surface area contributed by atoms with Gasteiger partial charge in [-0.15, -0.1) is 10.2 Å². The predicted molar refractivity (Wildman–Crippen MR) is 95.9 cm³/mol. The van der Waals surface area contributed by atoms with E-state index in [0.717, 1.165) is 5.56 Å². The molecule has 0 saturated heterocycles. The van der Waals surface area contributed by atoms with Crippen molar-refractivity contribution < 1.29 is 9.90 Å². The van der Waals surface area contributed by atoms with Crippen LogP contribution in [0.2, 0.25) is 0 Å². The van der Waals surface area contributed by atoms with E-state index in [9.17, 15) is 9.90 Å². The first-order chi connectivity index (χ1) is 12.7. The van der Waals surface area contributed by atoms with Crippen LogP contribution in [0.1, 0.15) is 28.9 Å². The molecule has 2 aromatic heterocycles. The number of carbonyl (C=O) groups excluding carboxylic acids is 1. The highest BCUT2D eigenvalue weighted by Crippen LogP contribution is 2.27. The molecule has 0 radical (unpaired) electrons. The highest BCUT2D eigenvalue weighted by Gasteiger charge is 2.22. The molecular weight excluding hydrogens is 332 g/mol. The maximum absolute atomic E-state index is 12.1. The van der Waals surface area contributed by atoms with Gasteiger partial charge in [-0.25, -0.2) is 4.98 Å². The average molecular weight is 350 g/mol. The molecule has 1 aromatic carbocycles. The molecule has 132 valence electrons. The molecule has 0 saturated carbocycles. The molecule has 3 heterocycles. The van der Waals surface area contributed by atoms with Crippen molar-refractivity contribution in [2.75, 3.05) is 11.9 Å². The fourth-order valence-electron chi connectivity index (χ4n) is 2.99. The summed E-state index contributed by atoms with van der Waals surface area (Å²) < 4.78 is 1.78. The number of aliphatic hydroxyl groups excluding tert-OH is 1. The van der Waals surface area contributed by atoms with Gasteiger partial charge in [0.15, 0.2) is 5.82 Å². The van der Waals surface area contributed by atoms with E-state index in [1.807, 2.05) is 43.3 Å². The number of nitrogens with zero attached hydrogens (tertiary/aromatic N) is 4. The minimum atomic E-state index is -0.153. The van der Waals surface area contributed by atoms with Crippen molar-refractivity contribution in [2.45, 2.75) is 19.5 Å². The van der Waals surface area contributed by atoms with Crippen LogP contribution in [0.5, 0.6) is 0 Å². The van der Waals surface area contributed by atoms with Crippen LogP contribution in [0, 0.1) is 0 Å². The molecule has 0 spiro atoms. The Morgan fingerprint density at radius 3 is 3.00 bits per heavy atom. The van der Waals surface area contributed by atoms with Crippen molar-refractivity contribution in [2.24, 2.45) is 0 Å². The lowest BCUT2D eigenvalue weighted by Crippen LogP contribution is -2.13. The zero-order valence-corrected chi connectivity index (χ0v) is 14.2. The van der Waals surface area contributed by atoms with Gasteiger partial charge in [-0.2, -0.15) is 0 Å². The molecule has 3 aromatic rings. The standard InChI is InChI=1S/C18H18N6O2/c1-11(9-25)24-10-20-23-17(24)14-6-3-7-15(22-14)21-13-5-2-4-12-8-19-18(26)16(12)13/h2-7,10-11,25H,8-9H2,1H3,(H,19,26)(H,21,22)/t11-/m1/s1. The molecule has 3 N–H and O–H groups in total. The zero-order valence-electron chi connectivity index (χ0n) is 14.2. The third-order valence-electron chi connectivity index (χ3n) is 4.37. The van der Waals surface area contributed by atoms with Crippen LogP contribution < -0.4 is 10.6 Å². The number of nitrogens with one attached hydrogen (secondary N) is 2. The van der Waals surface area contributed by atoms with E-state index < -0.39 is 0 Å². The summed E-state index contributed by atoms with van der Waals surface area (Å²) in [5.41, 5.74) is 2.96. The molecule has 4 rings (SSSR count). The fraction of sp³-hybridized carbons (Fsp3) is 0.222. The highest BCUT2D eigenvalue weighted by molar-refractivity contribution is 6.04. The minimum Gasteiger partial charge on any atom is -0.394 e. The second-order valence-corrected chi connectivity index (χ2v) is 6.15. The largest absolute Gasteiger partial charge is 0.394 e. The summed E-state index contributed by atoms with van der Waals surface area (Å²) in [4.78, 5) is 16.7. The Kier molecular flexibility index (Phi) is 4.10. The number of anilines is 2. The van der Waals surface area contributed by atoms with Gasteiger partial charge in [0.2, 0.25) is 0 Å². The maximum atomic E-state index is 12.1. The highest BCUT2D eigenvalue weighted by atomic mass is 16.3. The Labute approximate surface area is 149 Å². The second kappa shape index (κ2) is 6.57. The van der Waals surface area contributed by atoms with Gasteiger partial charge >= 0.3 is 0 Å². The molecule has 1 aliphatic heterocycles. The number of hydrogen-bond acceptors (Lipinski definition) is 6. The third-order valence-corrected chi connectivity index (χ3v) is 4.37. The molecule has 1 atom stereocenters. The Bertz CT molecular complexity index is 968. The van der Waals surface area contributed by atoms with Crippen LogP contribution in [0.25, 0.3) is 11.5 Å². The lowest BCUT2D eigenvalue weighted by Gasteiger charge is -2.13. The van der Waals surface area contributed by atoms with Gasteiger partial charge in [0.1, 0.15) is 17.8 Å². The van der Waals surface area contributed by atoms with Crippen LogP contribution in [0.3, 0.4) is 0 Å². The molecule has 0 fully saturated rings. The quantitative estimate of drug-likeness (QED) is 0.649. The van der Waals surface area contributed by atoms with E-state index in [-0.39, 0.29) is 18.6 Å². The summed E-state index contributed by atoms with van der Waals surface area (Å²) in [5, 5.41) is 23.5. The summed E-state index contributed by atoms with van der Waals surface area (Å²) in [5.74, 6) is 1.09. The SMILES string of the molecule is C[C@H](CO)n1cnnc1-c1cccc(Nc2cccc3c2C(=O)NC3)n1. The van der Waals surface area contributed by atoms with Crippen molar-refractivity contribution in [1.29, 1.82) is 0 Å². The smallest absolute Gasteiger partial charge is 0.254 e. The van der Waals surface area contributed by atoms with Gasteiger partial charge < -0.3 is 20.3 Å². The van der Waals surface area contributed by atoms with Crippen molar-refractivity contribution in [3.8, 4) is 11.5 Å². The number of aliphatic hydroxyl groups is 1. The van der Waals surface area contributed by atoms with E-state index >= 15 is 0 Å². The monoisotopic (exact) mass is 350 g/mol. The number of benzene rings is 1. The van der Waals surface area contributed by atoms with Crippen molar-refractivity contribution in [3.05, 3.63) is 53.9 Å². The minimum absolute atomic E-state index is 0.0196. The van der Waals surface area contributed by atoms with Crippen LogP contribution in [-0.4, -0.2) is 37.4 Å². The third kappa shape index (κ3) is 2.80. The van der Waals surface area contributed by atoms with E-state index in [1.165, 1.54) is 0 Å². The van der Waals surface area contributed by atoms with Crippen molar-refractivity contribution >= 4 is 17.4 Å². The topological polar surface area (TPSA) is 105 Å². The summed E-state index contributed by atoms with van der Waals surface area (Å²) in [7, 11) is 0. The Morgan fingerprint density at radius 1 is 1.31 bits per heavy atom. The van der Waals surface area contributed by atoms with Crippen molar-refractivity contribution in [3.63, 3.8) is 0 Å². The summed E-state index contributed by atoms with van der Waals surface area (Å²) in [6.45, 7) is 2.40. The van der Waals surface area contributed by atoms with Crippen molar-refractivity contribution in [1.82, 2.24) is 25.1 Å². The van der Waals surface area contributed by atoms with E-state index in [4.69, 9.17) is 0 Å². The van der Waals surface area contributed by atoms with Crippen LogP contribution in [0.15, 0.2) is 42.7 Å². The number of carbonyl (C=O) groups is 1. The fourth-order valence-corrected chi connectivity index (χ4v) is 2.99. The molecular formula is C18H18N6O2. The molecule has 8 nitrogen and oxygen atoms in total. The lowest BCUT2D eigenvalue weighted by atomic mass is 10.1. The van der Waals surface area contributed by atoms with Gasteiger partial charge in [-0.05, 0) is 30.7 Å². The zero-order chi connectivity index (χ0) is 18.1. The van der Waals surface area contributed by atoms with Crippen LogP contribution >= 0.6 is 0 Å². The predicted octanol–water partition coefficient (Wildman–Crippen LogP) is 1.88. The molecule has 0 bridgehead atoms. The van der Waals surface area contributed by atoms with Gasteiger partial charge in [0, 0.05) is 6.54 Å². The Morgan fingerprint density at radius 2 is 2.15 bits per heavy atom.